The number of nitrogen functional groups attached to an aromatic ring is 2. The van der Waals surface area contributed by atoms with Gasteiger partial charge >= 0.3 is 0 Å². The minimum Gasteiger partial charge on any atom is -0.397 e. The van der Waals surface area contributed by atoms with Crippen molar-refractivity contribution < 1.29 is 0 Å². The number of benzene rings is 4. The van der Waals surface area contributed by atoms with E-state index in [1.54, 1.807) is 6.20 Å². The number of amidine groups is 2. The number of nitrogens with zero attached hydrogens (tertiary/aromatic N) is 4. The Morgan fingerprint density at radius 1 is 0.660 bits per heavy atom. The zero-order valence-corrected chi connectivity index (χ0v) is 30.3. The van der Waals surface area contributed by atoms with Crippen molar-refractivity contribution in [3.05, 3.63) is 142 Å². The summed E-state index contributed by atoms with van der Waals surface area (Å²) >= 11 is 0. The van der Waals surface area contributed by atoms with E-state index in [1.165, 1.54) is 5.56 Å². The fourth-order valence-electron chi connectivity index (χ4n) is 6.99. The van der Waals surface area contributed by atoms with Gasteiger partial charge in [-0.25, -0.2) is 9.97 Å². The van der Waals surface area contributed by atoms with E-state index in [0.717, 1.165) is 79.6 Å². The summed E-state index contributed by atoms with van der Waals surface area (Å²) < 4.78 is 0. The van der Waals surface area contributed by atoms with Crippen LogP contribution in [0.3, 0.4) is 0 Å². The predicted octanol–water partition coefficient (Wildman–Crippen LogP) is 6.54. The van der Waals surface area contributed by atoms with Crippen molar-refractivity contribution in [2.75, 3.05) is 24.6 Å². The molecule has 6 aromatic rings. The molecule has 1 unspecified atom stereocenters. The van der Waals surface area contributed by atoms with Gasteiger partial charge in [0, 0.05) is 50.0 Å². The molecule has 1 atom stereocenters. The zero-order valence-electron chi connectivity index (χ0n) is 30.3. The van der Waals surface area contributed by atoms with E-state index in [2.05, 4.69) is 113 Å². The van der Waals surface area contributed by atoms with Gasteiger partial charge in [-0.05, 0) is 75.9 Å². The van der Waals surface area contributed by atoms with Gasteiger partial charge in [-0.3, -0.25) is 9.98 Å². The van der Waals surface area contributed by atoms with Crippen LogP contribution in [0.2, 0.25) is 0 Å². The van der Waals surface area contributed by atoms with Gasteiger partial charge in [0.05, 0.1) is 41.6 Å². The Morgan fingerprint density at radius 2 is 1.30 bits per heavy atom. The van der Waals surface area contributed by atoms with Crippen molar-refractivity contribution in [3.63, 3.8) is 0 Å². The molecule has 0 saturated carbocycles. The molecule has 0 radical (unpaired) electrons. The second kappa shape index (κ2) is 13.2. The minimum atomic E-state index is -0.293. The summed E-state index contributed by atoms with van der Waals surface area (Å²) in [6, 6.07) is 28.6. The first-order chi connectivity index (χ1) is 25.5. The molecule has 2 aromatic heterocycles. The lowest BCUT2D eigenvalue weighted by Gasteiger charge is -2.26. The first-order valence-electron chi connectivity index (χ1n) is 17.7. The van der Waals surface area contributed by atoms with Crippen molar-refractivity contribution in [2.24, 2.45) is 9.98 Å². The van der Waals surface area contributed by atoms with Crippen LogP contribution in [0.5, 0.6) is 0 Å². The topological polar surface area (TPSA) is 127 Å². The number of hydrogen-bond acceptors (Lipinski definition) is 8. The Labute approximate surface area is 309 Å². The van der Waals surface area contributed by atoms with Crippen LogP contribution in [-0.4, -0.2) is 45.8 Å². The third-order valence-corrected chi connectivity index (χ3v) is 9.74. The maximum Gasteiger partial charge on any atom is 0.139 e. The molecule has 6 N–H and O–H groups in total. The second-order valence-corrected chi connectivity index (χ2v) is 14.9. The third kappa shape index (κ3) is 6.88. The molecule has 0 fully saturated rings. The molecule has 8 rings (SSSR count). The van der Waals surface area contributed by atoms with E-state index in [-0.39, 0.29) is 11.1 Å². The first-order valence-corrected chi connectivity index (χ1v) is 17.7. The number of rotatable bonds is 4. The molecule has 2 aliphatic rings. The van der Waals surface area contributed by atoms with Crippen LogP contribution in [-0.2, 0) is 6.42 Å². The number of aryl methyl sites for hydroxylation is 1. The van der Waals surface area contributed by atoms with E-state index in [4.69, 9.17) is 16.5 Å². The van der Waals surface area contributed by atoms with Gasteiger partial charge in [-0.2, -0.15) is 0 Å². The minimum absolute atomic E-state index is 0.0261. The van der Waals surface area contributed by atoms with E-state index in [1.807, 2.05) is 54.7 Å². The van der Waals surface area contributed by atoms with Gasteiger partial charge in [0.15, 0.2) is 0 Å². The molecule has 0 spiro atoms. The van der Waals surface area contributed by atoms with E-state index >= 15 is 0 Å². The van der Waals surface area contributed by atoms with Gasteiger partial charge < -0.3 is 22.1 Å². The second-order valence-electron chi connectivity index (χ2n) is 14.9. The van der Waals surface area contributed by atoms with Crippen molar-refractivity contribution in [3.8, 4) is 23.7 Å². The van der Waals surface area contributed by atoms with Gasteiger partial charge in [0.1, 0.15) is 23.2 Å². The number of fused-ring (bicyclic) bond motifs is 2. The number of aliphatic imine (C=N–C) groups is 2. The molecule has 4 heterocycles. The molecular weight excluding hydrogens is 653 g/mol. The highest BCUT2D eigenvalue weighted by molar-refractivity contribution is 6.01. The molecular formula is C45H40N8. The number of pyridine rings is 2. The Kier molecular flexibility index (Phi) is 8.32. The van der Waals surface area contributed by atoms with Crippen LogP contribution in [0.25, 0.3) is 21.5 Å². The van der Waals surface area contributed by atoms with E-state index in [9.17, 15) is 0 Å². The van der Waals surface area contributed by atoms with Gasteiger partial charge in [-0.15, -0.1) is 0 Å². The van der Waals surface area contributed by atoms with Crippen LogP contribution in [0.4, 0.5) is 11.5 Å². The summed E-state index contributed by atoms with van der Waals surface area (Å²) in [6.45, 7) is 10.0. The molecule has 0 aliphatic carbocycles. The monoisotopic (exact) mass is 692 g/mol. The predicted molar refractivity (Wildman–Crippen MR) is 217 cm³/mol. The maximum atomic E-state index is 6.46. The number of nitrogens with one attached hydrogen (secondary N) is 2. The zero-order chi connectivity index (χ0) is 36.7. The average molecular weight is 693 g/mol. The quantitative estimate of drug-likeness (QED) is 0.156. The number of hydrogen-bond donors (Lipinski definition) is 4. The fourth-order valence-corrected chi connectivity index (χ4v) is 6.99. The molecule has 53 heavy (non-hydrogen) atoms. The lowest BCUT2D eigenvalue weighted by molar-refractivity contribution is 0.455. The molecule has 8 heteroatoms. The maximum absolute atomic E-state index is 6.46. The Hall–Kier alpha value is -6.64. The molecule has 260 valence electrons. The summed E-state index contributed by atoms with van der Waals surface area (Å²) in [4.78, 5) is 18.7. The summed E-state index contributed by atoms with van der Waals surface area (Å²) in [5.41, 5.74) is 20.5. The van der Waals surface area contributed by atoms with E-state index in [0.29, 0.717) is 23.7 Å². The molecule has 4 aromatic carbocycles. The Bertz CT molecular complexity index is 2610. The summed E-state index contributed by atoms with van der Waals surface area (Å²) in [5, 5.41) is 11.2. The highest BCUT2D eigenvalue weighted by Crippen LogP contribution is 2.30. The molecule has 0 bridgehead atoms. The lowest BCUT2D eigenvalue weighted by atomic mass is 9.89. The van der Waals surface area contributed by atoms with Gasteiger partial charge in [0.25, 0.3) is 0 Å². The summed E-state index contributed by atoms with van der Waals surface area (Å²) in [6.07, 6.45) is 4.29. The van der Waals surface area contributed by atoms with Crippen LogP contribution in [0.1, 0.15) is 65.4 Å². The highest BCUT2D eigenvalue weighted by atomic mass is 15.1. The normalized spacial score (nSPS) is 17.2. The fraction of sp³-hybridized carbons (Fsp3) is 0.200. The number of aromatic nitrogens is 2. The Balaban J connectivity index is 0.991. The smallest absolute Gasteiger partial charge is 0.139 e. The molecule has 0 amide bonds. The van der Waals surface area contributed by atoms with Crippen molar-refractivity contribution >= 4 is 44.7 Å². The van der Waals surface area contributed by atoms with Gasteiger partial charge in [-0.1, -0.05) is 77.9 Å². The standard InChI is InChI=1S/C45H40N8/c1-28-21-33(38-24-49-41(47)36(37(38)22-28)19-13-29-9-15-31(16-10-29)42-50-26-44(2,3)52-42)23-45(4)27-51-43(53-45)32-17-11-30(12-18-32)14-20-40-35-8-6-5-7-34(35)39(46)25-48-40/h5-12,15-18,21-22,24-25H,23,26-27,46H2,1-4H3,(H2,47,49)(H,50,52)(H,51,53). The van der Waals surface area contributed by atoms with Crippen molar-refractivity contribution in [1.29, 1.82) is 0 Å². The first kappa shape index (κ1) is 33.5. The third-order valence-electron chi connectivity index (χ3n) is 9.74. The van der Waals surface area contributed by atoms with Gasteiger partial charge in [0.2, 0.25) is 0 Å². The SMILES string of the molecule is Cc1cc(CC2(C)CN=C(c3ccc(C#Cc4ncc(N)c5ccccc45)cc3)N2)c2cnc(N)c(C#Cc3ccc(C4=NCC(C)(C)N4)cc3)c2c1. The van der Waals surface area contributed by atoms with E-state index < -0.39 is 0 Å². The van der Waals surface area contributed by atoms with Crippen LogP contribution in [0, 0.1) is 30.6 Å². The Morgan fingerprint density at radius 3 is 1.98 bits per heavy atom. The van der Waals surface area contributed by atoms with Crippen molar-refractivity contribution in [2.45, 2.75) is 45.2 Å². The van der Waals surface area contributed by atoms with Crippen LogP contribution >= 0.6 is 0 Å². The van der Waals surface area contributed by atoms with Crippen molar-refractivity contribution in [1.82, 2.24) is 20.6 Å². The number of nitrogens with two attached hydrogens (primary N) is 2. The summed E-state index contributed by atoms with van der Waals surface area (Å²) in [7, 11) is 0. The summed E-state index contributed by atoms with van der Waals surface area (Å²) in [5.74, 6) is 15.4. The van der Waals surface area contributed by atoms with Crippen LogP contribution < -0.4 is 22.1 Å². The highest BCUT2D eigenvalue weighted by Gasteiger charge is 2.32. The molecule has 0 saturated heterocycles. The number of anilines is 2. The molecule has 8 nitrogen and oxygen atoms in total. The largest absolute Gasteiger partial charge is 0.397 e. The van der Waals surface area contributed by atoms with Crippen LogP contribution in [0.15, 0.2) is 107 Å². The molecule has 2 aliphatic heterocycles. The average Bonchev–Trinajstić information content (AvgIpc) is 3.72. The lowest BCUT2D eigenvalue weighted by Crippen LogP contribution is -2.45.